The van der Waals surface area contributed by atoms with E-state index >= 15 is 0 Å². The van der Waals surface area contributed by atoms with Crippen molar-refractivity contribution in [3.63, 3.8) is 0 Å². The molecule has 0 saturated heterocycles. The fraction of sp³-hybridized carbons (Fsp3) is 0.214. The molecule has 20 heavy (non-hydrogen) atoms. The molecule has 4 N–H and O–H groups in total. The van der Waals surface area contributed by atoms with Gasteiger partial charge in [0.2, 0.25) is 0 Å². The van der Waals surface area contributed by atoms with Gasteiger partial charge in [-0.15, -0.1) is 11.3 Å². The van der Waals surface area contributed by atoms with Crippen LogP contribution in [0.15, 0.2) is 36.4 Å². The number of benzene rings is 1. The first-order valence-corrected chi connectivity index (χ1v) is 6.97. The van der Waals surface area contributed by atoms with Gasteiger partial charge in [-0.1, -0.05) is 18.2 Å². The van der Waals surface area contributed by atoms with Crippen LogP contribution in [0.1, 0.15) is 20.1 Å². The number of hydrogen-bond donors (Lipinski definition) is 3. The van der Waals surface area contributed by atoms with Gasteiger partial charge in [0.15, 0.2) is 0 Å². The molecule has 1 aromatic carbocycles. The zero-order chi connectivity index (χ0) is 14.4. The molecule has 0 aliphatic heterocycles. The molecule has 1 aromatic heterocycles. The number of hydrazine groups is 1. The monoisotopic (exact) mass is 292 g/mol. The van der Waals surface area contributed by atoms with E-state index in [1.54, 1.807) is 6.07 Å². The molecule has 0 spiro atoms. The van der Waals surface area contributed by atoms with E-state index < -0.39 is 0 Å². The molecule has 0 radical (unpaired) electrons. The number of carbonyl (C=O) groups excluding carboxylic acids is 1. The molecule has 5 nitrogen and oxygen atoms in total. The van der Waals surface area contributed by atoms with Crippen LogP contribution in [-0.2, 0) is 13.0 Å². The number of carbonyl (C=O) groups is 1. The SMILES string of the molecule is NNC(=O)c1ccc(COc2ccccc2CCO)s1. The van der Waals surface area contributed by atoms with Crippen LogP contribution in [0, 0.1) is 0 Å². The van der Waals surface area contributed by atoms with Gasteiger partial charge in [-0.05, 0) is 30.2 Å². The first-order valence-electron chi connectivity index (χ1n) is 6.16. The maximum absolute atomic E-state index is 11.3. The van der Waals surface area contributed by atoms with Gasteiger partial charge in [0, 0.05) is 11.5 Å². The Kier molecular flexibility index (Phi) is 5.11. The average Bonchev–Trinajstić information content (AvgIpc) is 2.95. The number of nitrogens with two attached hydrogens (primary N) is 1. The Balaban J connectivity index is 2.02. The van der Waals surface area contributed by atoms with Crippen LogP contribution >= 0.6 is 11.3 Å². The highest BCUT2D eigenvalue weighted by atomic mass is 32.1. The highest BCUT2D eigenvalue weighted by Gasteiger charge is 2.08. The van der Waals surface area contributed by atoms with Gasteiger partial charge in [-0.25, -0.2) is 5.84 Å². The van der Waals surface area contributed by atoms with Crippen LogP contribution in [0.25, 0.3) is 0 Å². The third-order valence-electron chi connectivity index (χ3n) is 2.74. The van der Waals surface area contributed by atoms with Gasteiger partial charge in [0.25, 0.3) is 5.91 Å². The third kappa shape index (κ3) is 3.57. The second kappa shape index (κ2) is 7.04. The molecule has 0 bridgehead atoms. The van der Waals surface area contributed by atoms with Gasteiger partial charge >= 0.3 is 0 Å². The van der Waals surface area contributed by atoms with Crippen LogP contribution in [0.5, 0.6) is 5.75 Å². The summed E-state index contributed by atoms with van der Waals surface area (Å²) in [5.41, 5.74) is 3.06. The third-order valence-corrected chi connectivity index (χ3v) is 3.80. The summed E-state index contributed by atoms with van der Waals surface area (Å²) in [6.45, 7) is 0.463. The maximum Gasteiger partial charge on any atom is 0.275 e. The minimum atomic E-state index is -0.304. The van der Waals surface area contributed by atoms with Gasteiger partial charge < -0.3 is 9.84 Å². The van der Waals surface area contributed by atoms with E-state index in [4.69, 9.17) is 15.7 Å². The van der Waals surface area contributed by atoms with E-state index in [9.17, 15) is 4.79 Å². The van der Waals surface area contributed by atoms with Gasteiger partial charge in [-0.3, -0.25) is 10.2 Å². The Morgan fingerprint density at radius 1 is 1.30 bits per heavy atom. The van der Waals surface area contributed by atoms with Crippen LogP contribution < -0.4 is 16.0 Å². The zero-order valence-corrected chi connectivity index (χ0v) is 11.7. The number of nitrogens with one attached hydrogen (secondary N) is 1. The van der Waals surface area contributed by atoms with Crippen LogP contribution in [0.3, 0.4) is 0 Å². The number of aliphatic hydroxyl groups excluding tert-OH is 1. The lowest BCUT2D eigenvalue weighted by Gasteiger charge is -2.09. The van der Waals surface area contributed by atoms with Crippen molar-refractivity contribution in [3.8, 4) is 5.75 Å². The van der Waals surface area contributed by atoms with E-state index in [0.29, 0.717) is 17.9 Å². The molecule has 1 amide bonds. The number of ether oxygens (including phenoxy) is 1. The van der Waals surface area contributed by atoms with Crippen molar-refractivity contribution in [1.82, 2.24) is 5.43 Å². The van der Waals surface area contributed by atoms with Crippen LogP contribution in [0.4, 0.5) is 0 Å². The Bertz CT molecular complexity index is 583. The number of para-hydroxylation sites is 1. The number of aliphatic hydroxyl groups is 1. The highest BCUT2D eigenvalue weighted by molar-refractivity contribution is 7.14. The summed E-state index contributed by atoms with van der Waals surface area (Å²) in [6.07, 6.45) is 0.557. The molecule has 0 aliphatic carbocycles. The summed E-state index contributed by atoms with van der Waals surface area (Å²) >= 11 is 1.34. The number of thiophene rings is 1. The lowest BCUT2D eigenvalue weighted by molar-refractivity contribution is 0.0957. The number of amides is 1. The predicted molar refractivity (Wildman–Crippen MR) is 77.5 cm³/mol. The Morgan fingerprint density at radius 2 is 2.10 bits per heavy atom. The molecule has 0 saturated carbocycles. The van der Waals surface area contributed by atoms with Crippen molar-refractivity contribution in [2.24, 2.45) is 5.84 Å². The topological polar surface area (TPSA) is 84.6 Å². The first kappa shape index (κ1) is 14.5. The number of rotatable bonds is 6. The van der Waals surface area contributed by atoms with Crippen molar-refractivity contribution < 1.29 is 14.6 Å². The van der Waals surface area contributed by atoms with Crippen LogP contribution in [0.2, 0.25) is 0 Å². The second-order valence-corrected chi connectivity index (χ2v) is 5.28. The minimum absolute atomic E-state index is 0.0835. The summed E-state index contributed by atoms with van der Waals surface area (Å²) in [5.74, 6) is 5.53. The van der Waals surface area contributed by atoms with Gasteiger partial charge in [-0.2, -0.15) is 0 Å². The molecule has 0 aliphatic rings. The molecule has 6 heteroatoms. The quantitative estimate of drug-likeness (QED) is 0.427. The van der Waals surface area contributed by atoms with Gasteiger partial charge in [0.05, 0.1) is 4.88 Å². The molecule has 106 valence electrons. The van der Waals surface area contributed by atoms with Crippen LogP contribution in [-0.4, -0.2) is 17.6 Å². The Morgan fingerprint density at radius 3 is 2.85 bits per heavy atom. The number of hydrogen-bond acceptors (Lipinski definition) is 5. The summed E-state index contributed by atoms with van der Waals surface area (Å²) in [7, 11) is 0. The van der Waals surface area contributed by atoms with Gasteiger partial charge in [0.1, 0.15) is 12.4 Å². The fourth-order valence-corrected chi connectivity index (χ4v) is 2.59. The normalized spacial score (nSPS) is 10.3. The predicted octanol–water partition coefficient (Wildman–Crippen LogP) is 1.47. The smallest absolute Gasteiger partial charge is 0.275 e. The molecule has 1 heterocycles. The van der Waals surface area contributed by atoms with E-state index in [1.807, 2.05) is 30.3 Å². The summed E-state index contributed by atoms with van der Waals surface area (Å²) in [6, 6.07) is 11.1. The average molecular weight is 292 g/mol. The molecular formula is C14H16N2O3S. The highest BCUT2D eigenvalue weighted by Crippen LogP contribution is 2.22. The summed E-state index contributed by atoms with van der Waals surface area (Å²) in [5, 5.41) is 9.01. The fourth-order valence-electron chi connectivity index (χ4n) is 1.77. The maximum atomic E-state index is 11.3. The van der Waals surface area contributed by atoms with E-state index in [0.717, 1.165) is 16.2 Å². The lowest BCUT2D eigenvalue weighted by atomic mass is 10.1. The zero-order valence-electron chi connectivity index (χ0n) is 10.8. The molecular weight excluding hydrogens is 276 g/mol. The standard InChI is InChI=1S/C14H16N2O3S/c15-16-14(18)13-6-5-11(20-13)9-19-12-4-2-1-3-10(12)7-8-17/h1-6,17H,7-9,15H2,(H,16,18). The Hall–Kier alpha value is -1.89. The van der Waals surface area contributed by atoms with Crippen molar-refractivity contribution in [3.05, 3.63) is 51.7 Å². The molecule has 0 unspecified atom stereocenters. The van der Waals surface area contributed by atoms with E-state index in [2.05, 4.69) is 5.43 Å². The van der Waals surface area contributed by atoms with Crippen molar-refractivity contribution >= 4 is 17.2 Å². The van der Waals surface area contributed by atoms with E-state index in [-0.39, 0.29) is 12.5 Å². The van der Waals surface area contributed by atoms with Crippen molar-refractivity contribution in [2.45, 2.75) is 13.0 Å². The van der Waals surface area contributed by atoms with Crippen molar-refractivity contribution in [1.29, 1.82) is 0 Å². The van der Waals surface area contributed by atoms with E-state index in [1.165, 1.54) is 11.3 Å². The molecule has 0 atom stereocenters. The second-order valence-electron chi connectivity index (χ2n) is 4.11. The lowest BCUT2D eigenvalue weighted by Crippen LogP contribution is -2.29. The molecule has 0 fully saturated rings. The summed E-state index contributed by atoms with van der Waals surface area (Å²) < 4.78 is 5.74. The summed E-state index contributed by atoms with van der Waals surface area (Å²) in [4.78, 5) is 12.8. The Labute approximate surface area is 121 Å². The minimum Gasteiger partial charge on any atom is -0.488 e. The molecule has 2 aromatic rings. The first-order chi connectivity index (χ1) is 9.74. The molecule has 2 rings (SSSR count). The number of nitrogen functional groups attached to an aromatic ring is 1. The van der Waals surface area contributed by atoms with Crippen molar-refractivity contribution in [2.75, 3.05) is 6.61 Å². The largest absolute Gasteiger partial charge is 0.488 e.